The highest BCUT2D eigenvalue weighted by molar-refractivity contribution is 6.35. The standard InChI is InChI=1S/C35H39ClF2N6O/c1-2-20-5-3-6-21-13-23(39)14-26(29(20)21)30-28(36)15-27-32(31(30)38)41-34(45-19-35-10-4-11-44(35)17-22(37)16-35)42-33(27)43-12-9-24-7-8-25(18-43)40-24/h3,5-6,13-15,22,24-25,40H,2,4,7-12,16-19,39H2,1H3/t22-,24-,25+,35+/m1/s1. The summed E-state index contributed by atoms with van der Waals surface area (Å²) in [6, 6.07) is 12.5. The predicted octanol–water partition coefficient (Wildman–Crippen LogP) is 6.67. The Labute approximate surface area is 267 Å². The van der Waals surface area contributed by atoms with Crippen LogP contribution >= 0.6 is 11.6 Å². The smallest absolute Gasteiger partial charge is 0.319 e. The third kappa shape index (κ3) is 4.98. The first kappa shape index (κ1) is 29.2. The monoisotopic (exact) mass is 632 g/mol. The second kappa shape index (κ2) is 11.2. The van der Waals surface area contributed by atoms with Crippen molar-refractivity contribution in [3.05, 3.63) is 52.8 Å². The molecule has 0 unspecified atom stereocenters. The van der Waals surface area contributed by atoms with Crippen LogP contribution in [0, 0.1) is 5.82 Å². The zero-order valence-electron chi connectivity index (χ0n) is 25.6. The van der Waals surface area contributed by atoms with Gasteiger partial charge in [-0.15, -0.1) is 0 Å². The number of benzene rings is 3. The van der Waals surface area contributed by atoms with Crippen LogP contribution in [0.25, 0.3) is 32.8 Å². The molecule has 10 heteroatoms. The van der Waals surface area contributed by atoms with Gasteiger partial charge in [0, 0.05) is 54.8 Å². The average Bonchev–Trinajstić information content (AvgIpc) is 3.66. The number of hydrogen-bond acceptors (Lipinski definition) is 7. The number of alkyl halides is 1. The van der Waals surface area contributed by atoms with E-state index in [1.54, 1.807) is 12.1 Å². The van der Waals surface area contributed by atoms with E-state index in [9.17, 15) is 4.39 Å². The van der Waals surface area contributed by atoms with E-state index in [-0.39, 0.29) is 34.3 Å². The summed E-state index contributed by atoms with van der Waals surface area (Å²) >= 11 is 7.02. The second-order valence-corrected chi connectivity index (χ2v) is 13.9. The lowest BCUT2D eigenvalue weighted by atomic mass is 9.92. The largest absolute Gasteiger partial charge is 0.461 e. The van der Waals surface area contributed by atoms with Crippen LogP contribution in [0.1, 0.15) is 51.0 Å². The van der Waals surface area contributed by atoms with E-state index >= 15 is 4.39 Å². The highest BCUT2D eigenvalue weighted by atomic mass is 35.5. The Morgan fingerprint density at radius 2 is 1.98 bits per heavy atom. The van der Waals surface area contributed by atoms with Crippen molar-refractivity contribution in [2.75, 3.05) is 43.4 Å². The zero-order chi connectivity index (χ0) is 30.9. The normalized spacial score (nSPS) is 26.6. The molecule has 4 fully saturated rings. The molecule has 4 aliphatic heterocycles. The van der Waals surface area contributed by atoms with E-state index in [0.717, 1.165) is 68.1 Å². The fourth-order valence-corrected chi connectivity index (χ4v) is 8.81. The van der Waals surface area contributed by atoms with E-state index in [1.807, 2.05) is 18.2 Å². The number of fused-ring (bicyclic) bond motifs is 5. The molecule has 0 saturated carbocycles. The van der Waals surface area contributed by atoms with E-state index in [2.05, 4.69) is 28.1 Å². The van der Waals surface area contributed by atoms with Crippen LogP contribution in [-0.2, 0) is 6.42 Å². The average molecular weight is 633 g/mol. The van der Waals surface area contributed by atoms with E-state index in [4.69, 9.17) is 32.0 Å². The molecule has 1 aromatic heterocycles. The number of nitrogens with zero attached hydrogens (tertiary/aromatic N) is 4. The molecule has 8 rings (SSSR count). The first-order valence-electron chi connectivity index (χ1n) is 16.4. The van der Waals surface area contributed by atoms with Gasteiger partial charge in [0.05, 0.1) is 10.6 Å². The Balaban J connectivity index is 1.29. The minimum absolute atomic E-state index is 0.113. The highest BCUT2D eigenvalue weighted by Crippen LogP contribution is 2.44. The number of ether oxygens (including phenoxy) is 1. The van der Waals surface area contributed by atoms with Crippen LogP contribution in [0.2, 0.25) is 5.02 Å². The minimum Gasteiger partial charge on any atom is -0.461 e. The SMILES string of the molecule is CCc1cccc2cc(N)cc(-c3c(Cl)cc4c(N5CC[C@H]6CC[C@@H](C5)N6)nc(OC[C@@]56CCCN5C[C@H](F)C6)nc4c3F)c12. The number of nitrogens with one attached hydrogen (secondary N) is 1. The van der Waals surface area contributed by atoms with Crippen molar-refractivity contribution in [2.45, 2.75) is 75.7 Å². The van der Waals surface area contributed by atoms with E-state index < -0.39 is 12.0 Å². The van der Waals surface area contributed by atoms with Crippen molar-refractivity contribution in [1.82, 2.24) is 20.2 Å². The summed E-state index contributed by atoms with van der Waals surface area (Å²) in [5.41, 5.74) is 8.68. The summed E-state index contributed by atoms with van der Waals surface area (Å²) in [7, 11) is 0. The van der Waals surface area contributed by atoms with Gasteiger partial charge < -0.3 is 20.7 Å². The molecule has 3 N–H and O–H groups in total. The van der Waals surface area contributed by atoms with E-state index in [0.29, 0.717) is 47.5 Å². The molecule has 3 aromatic carbocycles. The van der Waals surface area contributed by atoms with Crippen molar-refractivity contribution in [3.63, 3.8) is 0 Å². The second-order valence-electron chi connectivity index (χ2n) is 13.4. The number of hydrogen-bond donors (Lipinski definition) is 2. The predicted molar refractivity (Wildman–Crippen MR) is 177 cm³/mol. The third-order valence-corrected chi connectivity index (χ3v) is 10.9. The Hall–Kier alpha value is -3.27. The van der Waals surface area contributed by atoms with Crippen molar-refractivity contribution >= 4 is 44.8 Å². The number of nitrogens with two attached hydrogens (primary N) is 1. The quantitative estimate of drug-likeness (QED) is 0.230. The van der Waals surface area contributed by atoms with Gasteiger partial charge in [-0.3, -0.25) is 4.90 Å². The molecule has 0 spiro atoms. The van der Waals surface area contributed by atoms with Gasteiger partial charge in [-0.25, -0.2) is 8.78 Å². The number of aryl methyl sites for hydroxylation is 1. The molecule has 7 nitrogen and oxygen atoms in total. The molecular weight excluding hydrogens is 594 g/mol. The topological polar surface area (TPSA) is 79.5 Å². The lowest BCUT2D eigenvalue weighted by Crippen LogP contribution is -2.43. The summed E-state index contributed by atoms with van der Waals surface area (Å²) in [6.07, 6.45) is 5.45. The summed E-state index contributed by atoms with van der Waals surface area (Å²) in [5, 5.41) is 6.42. The molecule has 2 bridgehead atoms. The van der Waals surface area contributed by atoms with Gasteiger partial charge >= 0.3 is 6.01 Å². The van der Waals surface area contributed by atoms with Gasteiger partial charge in [-0.2, -0.15) is 9.97 Å². The van der Waals surface area contributed by atoms with Crippen molar-refractivity contribution in [2.24, 2.45) is 0 Å². The number of rotatable bonds is 6. The Morgan fingerprint density at radius 3 is 2.84 bits per heavy atom. The van der Waals surface area contributed by atoms with Crippen LogP contribution in [-0.4, -0.2) is 71.4 Å². The molecule has 236 valence electrons. The maximum Gasteiger partial charge on any atom is 0.319 e. The van der Waals surface area contributed by atoms with Crippen LogP contribution in [0.4, 0.5) is 20.3 Å². The summed E-state index contributed by atoms with van der Waals surface area (Å²) in [4.78, 5) is 14.1. The van der Waals surface area contributed by atoms with Crippen LogP contribution in [0.15, 0.2) is 36.4 Å². The Kier molecular flexibility index (Phi) is 7.26. The van der Waals surface area contributed by atoms with Gasteiger partial charge in [-0.1, -0.05) is 36.7 Å². The zero-order valence-corrected chi connectivity index (χ0v) is 26.3. The minimum atomic E-state index is -0.870. The van der Waals surface area contributed by atoms with Crippen molar-refractivity contribution in [1.29, 1.82) is 0 Å². The summed E-state index contributed by atoms with van der Waals surface area (Å²) in [5.74, 6) is 0.0996. The van der Waals surface area contributed by atoms with Gasteiger partial charge in [0.15, 0.2) is 5.82 Å². The molecule has 0 aliphatic carbocycles. The molecule has 4 atom stereocenters. The van der Waals surface area contributed by atoms with Gasteiger partial charge in [0.1, 0.15) is 24.1 Å². The maximum atomic E-state index is 17.1. The van der Waals surface area contributed by atoms with Crippen LogP contribution in [0.3, 0.4) is 0 Å². The molecule has 0 radical (unpaired) electrons. The summed E-state index contributed by atoms with van der Waals surface area (Å²) in [6.45, 7) is 5.18. The lowest BCUT2D eigenvalue weighted by Gasteiger charge is -2.31. The fourth-order valence-electron chi connectivity index (χ4n) is 8.52. The van der Waals surface area contributed by atoms with E-state index in [1.165, 1.54) is 6.42 Å². The molecule has 4 aliphatic rings. The Morgan fingerprint density at radius 1 is 1.11 bits per heavy atom. The van der Waals surface area contributed by atoms with Gasteiger partial charge in [0.25, 0.3) is 0 Å². The molecule has 45 heavy (non-hydrogen) atoms. The van der Waals surface area contributed by atoms with Crippen molar-refractivity contribution < 1.29 is 13.5 Å². The number of aromatic nitrogens is 2. The molecule has 4 aromatic rings. The maximum absolute atomic E-state index is 17.1. The lowest BCUT2D eigenvalue weighted by molar-refractivity contribution is 0.107. The van der Waals surface area contributed by atoms with Crippen molar-refractivity contribution in [3.8, 4) is 17.1 Å². The fraction of sp³-hybridized carbons (Fsp3) is 0.486. The molecule has 0 amide bonds. The van der Waals surface area contributed by atoms with Gasteiger partial charge in [-0.05, 0) is 85.2 Å². The molecule has 4 saturated heterocycles. The van der Waals surface area contributed by atoms with Crippen LogP contribution in [0.5, 0.6) is 6.01 Å². The highest BCUT2D eigenvalue weighted by Gasteiger charge is 2.49. The number of anilines is 2. The summed E-state index contributed by atoms with van der Waals surface area (Å²) < 4.78 is 38.0. The van der Waals surface area contributed by atoms with Gasteiger partial charge in [0.2, 0.25) is 0 Å². The Bertz CT molecular complexity index is 1800. The first-order valence-corrected chi connectivity index (χ1v) is 16.7. The number of halogens is 3. The first-order chi connectivity index (χ1) is 21.8. The van der Waals surface area contributed by atoms with Crippen LogP contribution < -0.4 is 20.7 Å². The molecule has 5 heterocycles. The molecular formula is C35H39ClF2N6O. The third-order valence-electron chi connectivity index (χ3n) is 10.6. The number of nitrogen functional groups attached to an aromatic ring is 1.